The normalized spacial score (nSPS) is 16.0. The number of thiophene rings is 1. The van der Waals surface area contributed by atoms with Gasteiger partial charge in [-0.25, -0.2) is 4.79 Å². The molecule has 128 valence electrons. The van der Waals surface area contributed by atoms with Gasteiger partial charge >= 0.3 is 6.03 Å². The third-order valence-corrected chi connectivity index (χ3v) is 5.42. The van der Waals surface area contributed by atoms with Gasteiger partial charge in [-0.15, -0.1) is 11.3 Å². The van der Waals surface area contributed by atoms with Crippen molar-refractivity contribution in [3.63, 3.8) is 0 Å². The maximum atomic E-state index is 12.1. The zero-order valence-corrected chi connectivity index (χ0v) is 14.7. The van der Waals surface area contributed by atoms with E-state index in [1.54, 1.807) is 11.3 Å². The molecule has 2 N–H and O–H groups in total. The first-order chi connectivity index (χ1) is 11.8. The van der Waals surface area contributed by atoms with Gasteiger partial charge in [-0.1, -0.05) is 36.4 Å². The SMILES string of the molecule is O=C(NCCc1ccccc1)NCC(c1cccs1)N1CCCC1. The summed E-state index contributed by atoms with van der Waals surface area (Å²) in [5.41, 5.74) is 1.24. The summed E-state index contributed by atoms with van der Waals surface area (Å²) in [6.07, 6.45) is 3.37. The number of nitrogens with one attached hydrogen (secondary N) is 2. The van der Waals surface area contributed by atoms with Crippen LogP contribution in [0.15, 0.2) is 47.8 Å². The van der Waals surface area contributed by atoms with Gasteiger partial charge in [-0.2, -0.15) is 0 Å². The lowest BCUT2D eigenvalue weighted by Gasteiger charge is -2.26. The molecule has 4 nitrogen and oxygen atoms in total. The van der Waals surface area contributed by atoms with E-state index in [2.05, 4.69) is 45.2 Å². The number of hydrogen-bond acceptors (Lipinski definition) is 3. The van der Waals surface area contributed by atoms with Gasteiger partial charge in [0.1, 0.15) is 0 Å². The lowest BCUT2D eigenvalue weighted by atomic mass is 10.1. The van der Waals surface area contributed by atoms with Crippen LogP contribution in [-0.2, 0) is 6.42 Å². The summed E-state index contributed by atoms with van der Waals surface area (Å²) in [6, 6.07) is 14.7. The van der Waals surface area contributed by atoms with E-state index in [1.165, 1.54) is 23.3 Å². The molecule has 1 atom stereocenters. The number of rotatable bonds is 7. The van der Waals surface area contributed by atoms with Crippen LogP contribution in [0.5, 0.6) is 0 Å². The van der Waals surface area contributed by atoms with Crippen molar-refractivity contribution < 1.29 is 4.79 Å². The summed E-state index contributed by atoms with van der Waals surface area (Å²) in [4.78, 5) is 15.9. The first kappa shape index (κ1) is 17.0. The molecule has 1 aromatic heterocycles. The Morgan fingerprint density at radius 1 is 1.08 bits per heavy atom. The summed E-state index contributed by atoms with van der Waals surface area (Å²) in [7, 11) is 0. The Bertz CT molecular complexity index is 609. The highest BCUT2D eigenvalue weighted by molar-refractivity contribution is 7.10. The molecule has 24 heavy (non-hydrogen) atoms. The van der Waals surface area contributed by atoms with Gasteiger partial charge in [-0.3, -0.25) is 4.90 Å². The second-order valence-electron chi connectivity index (χ2n) is 6.15. The van der Waals surface area contributed by atoms with Crippen LogP contribution in [0.1, 0.15) is 29.3 Å². The van der Waals surface area contributed by atoms with Gasteiger partial charge in [0.05, 0.1) is 6.04 Å². The minimum atomic E-state index is -0.0771. The molecule has 0 bridgehead atoms. The molecule has 1 fully saturated rings. The van der Waals surface area contributed by atoms with Crippen LogP contribution in [0.25, 0.3) is 0 Å². The Morgan fingerprint density at radius 2 is 1.88 bits per heavy atom. The van der Waals surface area contributed by atoms with E-state index in [0.29, 0.717) is 19.1 Å². The molecule has 1 aliphatic heterocycles. The number of urea groups is 1. The van der Waals surface area contributed by atoms with E-state index < -0.39 is 0 Å². The van der Waals surface area contributed by atoms with Crippen molar-refractivity contribution in [1.82, 2.24) is 15.5 Å². The Kier molecular flexibility index (Phi) is 6.26. The monoisotopic (exact) mass is 343 g/mol. The van der Waals surface area contributed by atoms with Crippen molar-refractivity contribution in [2.75, 3.05) is 26.2 Å². The average molecular weight is 343 g/mol. The fourth-order valence-corrected chi connectivity index (χ4v) is 4.02. The minimum absolute atomic E-state index is 0.0771. The fraction of sp³-hybridized carbons (Fsp3) is 0.421. The predicted molar refractivity (Wildman–Crippen MR) is 99.4 cm³/mol. The predicted octanol–water partition coefficient (Wildman–Crippen LogP) is 3.43. The van der Waals surface area contributed by atoms with Crippen LogP contribution in [0.3, 0.4) is 0 Å². The van der Waals surface area contributed by atoms with E-state index in [1.807, 2.05) is 18.2 Å². The van der Waals surface area contributed by atoms with Gasteiger partial charge < -0.3 is 10.6 Å². The van der Waals surface area contributed by atoms with Crippen LogP contribution in [0, 0.1) is 0 Å². The summed E-state index contributed by atoms with van der Waals surface area (Å²) in [5.74, 6) is 0. The number of hydrogen-bond donors (Lipinski definition) is 2. The van der Waals surface area contributed by atoms with Gasteiger partial charge in [-0.05, 0) is 49.4 Å². The third kappa shape index (κ3) is 4.82. The molecular weight excluding hydrogens is 318 g/mol. The zero-order chi connectivity index (χ0) is 16.6. The van der Waals surface area contributed by atoms with Crippen molar-refractivity contribution in [2.45, 2.75) is 25.3 Å². The Morgan fingerprint density at radius 3 is 2.58 bits per heavy atom. The molecule has 0 saturated carbocycles. The van der Waals surface area contributed by atoms with Gasteiger partial charge in [0, 0.05) is 18.0 Å². The zero-order valence-electron chi connectivity index (χ0n) is 13.9. The maximum absolute atomic E-state index is 12.1. The van der Waals surface area contributed by atoms with E-state index in [0.717, 1.165) is 19.5 Å². The molecule has 1 unspecified atom stereocenters. The molecule has 2 heterocycles. The summed E-state index contributed by atoms with van der Waals surface area (Å²) in [5, 5.41) is 8.12. The molecule has 1 aromatic carbocycles. The summed E-state index contributed by atoms with van der Waals surface area (Å²) >= 11 is 1.77. The highest BCUT2D eigenvalue weighted by Gasteiger charge is 2.24. The molecule has 5 heteroatoms. The molecular formula is C19H25N3OS. The molecule has 1 aliphatic rings. The molecule has 0 spiro atoms. The van der Waals surface area contributed by atoms with Gasteiger partial charge in [0.25, 0.3) is 0 Å². The minimum Gasteiger partial charge on any atom is -0.338 e. The van der Waals surface area contributed by atoms with Gasteiger partial charge in [0.15, 0.2) is 0 Å². The summed E-state index contributed by atoms with van der Waals surface area (Å²) in [6.45, 7) is 3.57. The van der Waals surface area contributed by atoms with E-state index in [9.17, 15) is 4.79 Å². The van der Waals surface area contributed by atoms with Crippen LogP contribution < -0.4 is 10.6 Å². The third-order valence-electron chi connectivity index (χ3n) is 4.45. The lowest BCUT2D eigenvalue weighted by molar-refractivity contribution is 0.222. The van der Waals surface area contributed by atoms with E-state index in [-0.39, 0.29) is 6.03 Å². The highest BCUT2D eigenvalue weighted by atomic mass is 32.1. The number of nitrogens with zero attached hydrogens (tertiary/aromatic N) is 1. The van der Waals surface area contributed by atoms with Crippen molar-refractivity contribution in [3.05, 3.63) is 58.3 Å². The maximum Gasteiger partial charge on any atom is 0.314 e. The van der Waals surface area contributed by atoms with Gasteiger partial charge in [0.2, 0.25) is 0 Å². The van der Waals surface area contributed by atoms with Crippen molar-refractivity contribution >= 4 is 17.4 Å². The number of amides is 2. The van der Waals surface area contributed by atoms with E-state index in [4.69, 9.17) is 0 Å². The Balaban J connectivity index is 1.44. The van der Waals surface area contributed by atoms with Crippen molar-refractivity contribution in [3.8, 4) is 0 Å². The Labute approximate surface area is 147 Å². The second kappa shape index (κ2) is 8.85. The molecule has 2 aromatic rings. The molecule has 1 saturated heterocycles. The average Bonchev–Trinajstić information content (AvgIpc) is 3.30. The van der Waals surface area contributed by atoms with Crippen molar-refractivity contribution in [2.24, 2.45) is 0 Å². The molecule has 3 rings (SSSR count). The van der Waals surface area contributed by atoms with Crippen LogP contribution in [0.2, 0.25) is 0 Å². The standard InChI is InChI=1S/C19H25N3OS/c23-19(20-11-10-16-7-2-1-3-8-16)21-15-17(18-9-6-14-24-18)22-12-4-5-13-22/h1-3,6-9,14,17H,4-5,10-13,15H2,(H2,20,21,23). The largest absolute Gasteiger partial charge is 0.338 e. The number of carbonyl (C=O) groups is 1. The first-order valence-corrected chi connectivity index (χ1v) is 9.54. The second-order valence-corrected chi connectivity index (χ2v) is 7.13. The molecule has 0 radical (unpaired) electrons. The van der Waals surface area contributed by atoms with Crippen molar-refractivity contribution in [1.29, 1.82) is 0 Å². The van der Waals surface area contributed by atoms with Crippen LogP contribution >= 0.6 is 11.3 Å². The topological polar surface area (TPSA) is 44.4 Å². The lowest BCUT2D eigenvalue weighted by Crippen LogP contribution is -2.41. The fourth-order valence-electron chi connectivity index (χ4n) is 3.16. The van der Waals surface area contributed by atoms with Crippen LogP contribution in [0.4, 0.5) is 4.79 Å². The highest BCUT2D eigenvalue weighted by Crippen LogP contribution is 2.27. The smallest absolute Gasteiger partial charge is 0.314 e. The van der Waals surface area contributed by atoms with E-state index >= 15 is 0 Å². The number of carbonyl (C=O) groups excluding carboxylic acids is 1. The Hall–Kier alpha value is -1.85. The van der Waals surface area contributed by atoms with Crippen LogP contribution in [-0.4, -0.2) is 37.1 Å². The summed E-state index contributed by atoms with van der Waals surface area (Å²) < 4.78 is 0. The number of likely N-dealkylation sites (tertiary alicyclic amines) is 1. The quantitative estimate of drug-likeness (QED) is 0.809. The number of benzene rings is 1. The molecule has 0 aliphatic carbocycles. The molecule has 2 amide bonds. The first-order valence-electron chi connectivity index (χ1n) is 8.66.